The molecule has 0 aromatic carbocycles. The largest absolute Gasteiger partial charge is 0.479 e. The highest BCUT2D eigenvalue weighted by molar-refractivity contribution is 7.71. The topological polar surface area (TPSA) is 68.6 Å². The molecule has 3 heterocycles. The SMILES string of the molecule is COc1ncnc2c1[nH]c(=S)n2CC(C)c1nccs1. The van der Waals surface area contributed by atoms with E-state index in [0.717, 1.165) is 16.2 Å². The summed E-state index contributed by atoms with van der Waals surface area (Å²) in [5, 5.41) is 3.06. The Hall–Kier alpha value is -1.80. The van der Waals surface area contributed by atoms with Crippen LogP contribution >= 0.6 is 23.6 Å². The van der Waals surface area contributed by atoms with Crippen LogP contribution in [0.4, 0.5) is 0 Å². The monoisotopic (exact) mass is 307 g/mol. The first-order chi connectivity index (χ1) is 9.70. The van der Waals surface area contributed by atoms with Gasteiger partial charge in [0.1, 0.15) is 11.8 Å². The number of H-pyrrole nitrogens is 1. The molecule has 0 saturated carbocycles. The summed E-state index contributed by atoms with van der Waals surface area (Å²) in [6, 6.07) is 0. The van der Waals surface area contributed by atoms with E-state index in [1.54, 1.807) is 18.4 Å². The van der Waals surface area contributed by atoms with Gasteiger partial charge in [-0.15, -0.1) is 11.3 Å². The fourth-order valence-corrected chi connectivity index (χ4v) is 3.05. The van der Waals surface area contributed by atoms with Crippen LogP contribution in [0.1, 0.15) is 17.8 Å². The number of methoxy groups -OCH3 is 1. The number of rotatable bonds is 4. The van der Waals surface area contributed by atoms with Crippen molar-refractivity contribution in [2.45, 2.75) is 19.4 Å². The van der Waals surface area contributed by atoms with Gasteiger partial charge in [-0.05, 0) is 12.2 Å². The average molecular weight is 307 g/mol. The summed E-state index contributed by atoms with van der Waals surface area (Å²) >= 11 is 7.02. The predicted molar refractivity (Wildman–Crippen MR) is 79.8 cm³/mol. The average Bonchev–Trinajstić information content (AvgIpc) is 3.07. The maximum atomic E-state index is 5.38. The van der Waals surface area contributed by atoms with E-state index >= 15 is 0 Å². The third-order valence-corrected chi connectivity index (χ3v) is 4.38. The maximum absolute atomic E-state index is 5.38. The number of nitrogens with zero attached hydrogens (tertiary/aromatic N) is 4. The predicted octanol–water partition coefficient (Wildman–Crippen LogP) is 2.76. The highest BCUT2D eigenvalue weighted by atomic mass is 32.1. The molecule has 8 heteroatoms. The van der Waals surface area contributed by atoms with E-state index in [2.05, 4.69) is 26.9 Å². The lowest BCUT2D eigenvalue weighted by molar-refractivity contribution is 0.401. The highest BCUT2D eigenvalue weighted by Gasteiger charge is 2.15. The molecule has 0 saturated heterocycles. The third-order valence-electron chi connectivity index (χ3n) is 3.05. The van der Waals surface area contributed by atoms with Gasteiger partial charge in [-0.3, -0.25) is 0 Å². The lowest BCUT2D eigenvalue weighted by atomic mass is 10.2. The van der Waals surface area contributed by atoms with Gasteiger partial charge in [0.05, 0.1) is 12.1 Å². The lowest BCUT2D eigenvalue weighted by Crippen LogP contribution is -2.07. The van der Waals surface area contributed by atoms with Crippen LogP contribution in [0.3, 0.4) is 0 Å². The molecule has 0 spiro atoms. The van der Waals surface area contributed by atoms with E-state index in [9.17, 15) is 0 Å². The van der Waals surface area contributed by atoms with Crippen LogP contribution < -0.4 is 4.74 Å². The molecule has 1 atom stereocenters. The Kier molecular flexibility index (Phi) is 3.49. The van der Waals surface area contributed by atoms with E-state index in [1.807, 2.05) is 16.1 Å². The minimum Gasteiger partial charge on any atom is -0.479 e. The molecule has 0 aliphatic rings. The van der Waals surface area contributed by atoms with Crippen molar-refractivity contribution in [1.82, 2.24) is 24.5 Å². The van der Waals surface area contributed by atoms with Crippen LogP contribution in [0, 0.1) is 4.77 Å². The summed E-state index contributed by atoms with van der Waals surface area (Å²) in [7, 11) is 1.58. The van der Waals surface area contributed by atoms with E-state index in [0.29, 0.717) is 17.2 Å². The molecular weight excluding hydrogens is 294 g/mol. The molecule has 0 radical (unpaired) electrons. The van der Waals surface area contributed by atoms with Gasteiger partial charge in [0.2, 0.25) is 5.88 Å². The summed E-state index contributed by atoms with van der Waals surface area (Å²) in [4.78, 5) is 15.8. The zero-order valence-electron chi connectivity index (χ0n) is 11.0. The van der Waals surface area contributed by atoms with Crippen molar-refractivity contribution >= 4 is 34.7 Å². The molecule has 6 nitrogen and oxygen atoms in total. The van der Waals surface area contributed by atoms with Crippen molar-refractivity contribution in [3.8, 4) is 5.88 Å². The number of aromatic amines is 1. The summed E-state index contributed by atoms with van der Waals surface area (Å²) in [5.74, 6) is 0.767. The van der Waals surface area contributed by atoms with Gasteiger partial charge in [0.25, 0.3) is 0 Å². The molecule has 0 bridgehead atoms. The van der Waals surface area contributed by atoms with Crippen molar-refractivity contribution in [3.63, 3.8) is 0 Å². The molecule has 0 aliphatic carbocycles. The summed E-state index contributed by atoms with van der Waals surface area (Å²) in [6.45, 7) is 2.84. The minimum atomic E-state index is 0.265. The Bertz CT molecular complexity index is 777. The van der Waals surface area contributed by atoms with Gasteiger partial charge >= 0.3 is 0 Å². The highest BCUT2D eigenvalue weighted by Crippen LogP contribution is 2.24. The smallest absolute Gasteiger partial charge is 0.242 e. The second kappa shape index (κ2) is 5.29. The Morgan fingerprint density at radius 3 is 3.00 bits per heavy atom. The second-order valence-electron chi connectivity index (χ2n) is 4.39. The van der Waals surface area contributed by atoms with E-state index in [1.165, 1.54) is 6.33 Å². The van der Waals surface area contributed by atoms with E-state index in [-0.39, 0.29) is 5.92 Å². The van der Waals surface area contributed by atoms with Gasteiger partial charge in [-0.1, -0.05) is 6.92 Å². The van der Waals surface area contributed by atoms with Crippen LogP contribution in [0.25, 0.3) is 11.2 Å². The van der Waals surface area contributed by atoms with Crippen LogP contribution in [0.2, 0.25) is 0 Å². The maximum Gasteiger partial charge on any atom is 0.242 e. The number of aromatic nitrogens is 5. The van der Waals surface area contributed by atoms with Gasteiger partial charge < -0.3 is 14.3 Å². The number of nitrogens with one attached hydrogen (secondary N) is 1. The van der Waals surface area contributed by atoms with Gasteiger partial charge in [-0.2, -0.15) is 4.98 Å². The van der Waals surface area contributed by atoms with Crippen molar-refractivity contribution in [2.75, 3.05) is 7.11 Å². The number of imidazole rings is 1. The molecule has 0 aliphatic heterocycles. The first-order valence-corrected chi connectivity index (χ1v) is 7.36. The second-order valence-corrected chi connectivity index (χ2v) is 5.71. The number of fused-ring (bicyclic) bond motifs is 1. The number of hydrogen-bond donors (Lipinski definition) is 1. The van der Waals surface area contributed by atoms with Crippen molar-refractivity contribution in [3.05, 3.63) is 27.7 Å². The molecule has 3 rings (SSSR count). The van der Waals surface area contributed by atoms with Crippen LogP contribution in [-0.2, 0) is 6.54 Å². The molecule has 0 amide bonds. The number of thiazole rings is 1. The molecule has 0 fully saturated rings. The Morgan fingerprint density at radius 2 is 2.30 bits per heavy atom. The minimum absolute atomic E-state index is 0.265. The van der Waals surface area contributed by atoms with Crippen molar-refractivity contribution in [2.24, 2.45) is 0 Å². The summed E-state index contributed by atoms with van der Waals surface area (Å²) in [6.07, 6.45) is 3.30. The van der Waals surface area contributed by atoms with Gasteiger partial charge in [0.15, 0.2) is 10.4 Å². The van der Waals surface area contributed by atoms with Crippen LogP contribution in [0.5, 0.6) is 5.88 Å². The molecule has 20 heavy (non-hydrogen) atoms. The van der Waals surface area contributed by atoms with E-state index < -0.39 is 0 Å². The van der Waals surface area contributed by atoms with Gasteiger partial charge in [-0.25, -0.2) is 9.97 Å². The zero-order chi connectivity index (χ0) is 14.1. The molecular formula is C12H13N5OS2. The molecule has 3 aromatic heterocycles. The fraction of sp³-hybridized carbons (Fsp3) is 0.333. The normalized spacial score (nSPS) is 12.7. The third kappa shape index (κ3) is 2.20. The molecule has 104 valence electrons. The van der Waals surface area contributed by atoms with Crippen molar-refractivity contribution < 1.29 is 4.74 Å². The summed E-state index contributed by atoms with van der Waals surface area (Å²) < 4.78 is 7.79. The van der Waals surface area contributed by atoms with Gasteiger partial charge in [0, 0.05) is 24.0 Å². The first kappa shape index (κ1) is 13.2. The fourth-order valence-electron chi connectivity index (χ4n) is 2.10. The Morgan fingerprint density at radius 1 is 1.45 bits per heavy atom. The van der Waals surface area contributed by atoms with E-state index in [4.69, 9.17) is 17.0 Å². The number of hydrogen-bond acceptors (Lipinski definition) is 6. The Labute approximate surface area is 124 Å². The van der Waals surface area contributed by atoms with Crippen LogP contribution in [0.15, 0.2) is 17.9 Å². The molecule has 1 N–H and O–H groups in total. The molecule has 1 unspecified atom stereocenters. The molecule has 3 aromatic rings. The van der Waals surface area contributed by atoms with Crippen LogP contribution in [-0.4, -0.2) is 31.6 Å². The quantitative estimate of drug-likeness (QED) is 0.751. The number of ether oxygens (including phenoxy) is 1. The lowest BCUT2D eigenvalue weighted by Gasteiger charge is -2.09. The Balaban J connectivity index is 2.04. The van der Waals surface area contributed by atoms with Crippen molar-refractivity contribution in [1.29, 1.82) is 0 Å². The standard InChI is InChI=1S/C12H13N5OS2/c1-7(11-13-3-4-20-11)5-17-9-8(16-12(17)19)10(18-2)15-6-14-9/h3-4,6-7H,5H2,1-2H3,(H,16,19). The zero-order valence-corrected chi connectivity index (χ0v) is 12.7. The summed E-state index contributed by atoms with van der Waals surface area (Å²) in [5.41, 5.74) is 1.48. The first-order valence-electron chi connectivity index (χ1n) is 6.07.